The van der Waals surface area contributed by atoms with Crippen molar-refractivity contribution < 1.29 is 9.47 Å². The second kappa shape index (κ2) is 6.01. The van der Waals surface area contributed by atoms with E-state index in [1.165, 1.54) is 0 Å². The Hall–Kier alpha value is -0.120. The number of hydrogen-bond donors (Lipinski definition) is 0. The topological polar surface area (TPSA) is 42.3 Å². The van der Waals surface area contributed by atoms with E-state index < -0.39 is 0 Å². The highest BCUT2D eigenvalue weighted by Gasteiger charge is 2.02. The van der Waals surface area contributed by atoms with E-state index in [1.807, 2.05) is 13.8 Å². The first-order valence-electron chi connectivity index (χ1n) is 3.22. The molecule has 0 aromatic heterocycles. The largest absolute Gasteiger partial charge is 0.352 e. The Morgan fingerprint density at radius 1 is 1.22 bits per heavy atom. The zero-order chi connectivity index (χ0) is 7.11. The van der Waals surface area contributed by atoms with Crippen molar-refractivity contribution in [1.82, 2.24) is 5.73 Å². The van der Waals surface area contributed by atoms with Gasteiger partial charge in [-0.1, -0.05) is 0 Å². The Morgan fingerprint density at radius 2 is 1.67 bits per heavy atom. The Kier molecular flexibility index (Phi) is 5.93. The van der Waals surface area contributed by atoms with E-state index in [0.717, 1.165) is 0 Å². The SMILES string of the molecule is CCOC(C[NH])OCC. The summed E-state index contributed by atoms with van der Waals surface area (Å²) in [6, 6.07) is 0. The molecule has 1 N–H and O–H groups in total. The second-order valence-corrected chi connectivity index (χ2v) is 1.54. The molecule has 0 aliphatic rings. The zero-order valence-corrected chi connectivity index (χ0v) is 6.02. The van der Waals surface area contributed by atoms with E-state index in [9.17, 15) is 0 Å². The highest BCUT2D eigenvalue weighted by molar-refractivity contribution is 4.40. The van der Waals surface area contributed by atoms with Crippen LogP contribution in [0.2, 0.25) is 0 Å². The van der Waals surface area contributed by atoms with Crippen molar-refractivity contribution in [3.8, 4) is 0 Å². The van der Waals surface area contributed by atoms with Crippen LogP contribution in [0.5, 0.6) is 0 Å². The van der Waals surface area contributed by atoms with Crippen molar-refractivity contribution in [1.29, 1.82) is 0 Å². The van der Waals surface area contributed by atoms with Gasteiger partial charge < -0.3 is 9.47 Å². The van der Waals surface area contributed by atoms with Crippen LogP contribution in [-0.4, -0.2) is 26.0 Å². The normalized spacial score (nSPS) is 10.7. The molecule has 0 aliphatic carbocycles. The van der Waals surface area contributed by atoms with E-state index in [-0.39, 0.29) is 12.8 Å². The summed E-state index contributed by atoms with van der Waals surface area (Å²) >= 11 is 0. The molecule has 0 rings (SSSR count). The highest BCUT2D eigenvalue weighted by Crippen LogP contribution is 1.91. The predicted octanol–water partition coefficient (Wildman–Crippen LogP) is 0.668. The molecule has 0 bridgehead atoms. The minimum atomic E-state index is -0.319. The van der Waals surface area contributed by atoms with Crippen molar-refractivity contribution >= 4 is 0 Å². The summed E-state index contributed by atoms with van der Waals surface area (Å²) in [4.78, 5) is 0. The summed E-state index contributed by atoms with van der Waals surface area (Å²) in [5.74, 6) is 0. The molecule has 0 aliphatic heterocycles. The summed E-state index contributed by atoms with van der Waals surface area (Å²) in [7, 11) is 0. The molecular weight excluding hydrogens is 118 g/mol. The maximum absolute atomic E-state index is 6.92. The predicted molar refractivity (Wildman–Crippen MR) is 35.0 cm³/mol. The minimum Gasteiger partial charge on any atom is -0.352 e. The molecule has 0 fully saturated rings. The van der Waals surface area contributed by atoms with Crippen LogP contribution in [0.25, 0.3) is 0 Å². The van der Waals surface area contributed by atoms with Crippen LogP contribution < -0.4 is 5.73 Å². The average Bonchev–Trinajstić information content (AvgIpc) is 1.88. The first kappa shape index (κ1) is 8.88. The van der Waals surface area contributed by atoms with Gasteiger partial charge in [-0.05, 0) is 13.8 Å². The van der Waals surface area contributed by atoms with Crippen LogP contribution in [0.15, 0.2) is 0 Å². The molecule has 1 radical (unpaired) electrons. The quantitative estimate of drug-likeness (QED) is 0.516. The number of ether oxygens (including phenoxy) is 2. The first-order chi connectivity index (χ1) is 4.35. The van der Waals surface area contributed by atoms with Crippen LogP contribution in [-0.2, 0) is 9.47 Å². The summed E-state index contributed by atoms with van der Waals surface area (Å²) in [5, 5.41) is 0. The van der Waals surface area contributed by atoms with Gasteiger partial charge in [0.05, 0.1) is 6.54 Å². The third-order valence-electron chi connectivity index (χ3n) is 0.872. The molecule has 0 spiro atoms. The Labute approximate surface area is 56.1 Å². The van der Waals surface area contributed by atoms with Crippen molar-refractivity contribution in [3.05, 3.63) is 0 Å². The van der Waals surface area contributed by atoms with Gasteiger partial charge >= 0.3 is 0 Å². The standard InChI is InChI=1S/C6H14NO2/c1-3-8-6(5-7)9-4-2/h6-7H,3-5H2,1-2H3. The van der Waals surface area contributed by atoms with Crippen molar-refractivity contribution in [2.75, 3.05) is 19.8 Å². The van der Waals surface area contributed by atoms with E-state index in [4.69, 9.17) is 15.2 Å². The van der Waals surface area contributed by atoms with Crippen LogP contribution in [0.3, 0.4) is 0 Å². The maximum atomic E-state index is 6.92. The fraction of sp³-hybridized carbons (Fsp3) is 1.00. The summed E-state index contributed by atoms with van der Waals surface area (Å²) < 4.78 is 10.0. The molecule has 0 heterocycles. The lowest BCUT2D eigenvalue weighted by Crippen LogP contribution is -2.22. The molecule has 9 heavy (non-hydrogen) atoms. The van der Waals surface area contributed by atoms with Crippen LogP contribution in [0, 0.1) is 0 Å². The third kappa shape index (κ3) is 4.39. The van der Waals surface area contributed by atoms with Crippen molar-refractivity contribution in [3.63, 3.8) is 0 Å². The van der Waals surface area contributed by atoms with Gasteiger partial charge in [-0.2, -0.15) is 0 Å². The fourth-order valence-corrected chi connectivity index (χ4v) is 0.538. The minimum absolute atomic E-state index is 0.182. The molecule has 0 saturated heterocycles. The monoisotopic (exact) mass is 132 g/mol. The van der Waals surface area contributed by atoms with E-state index in [2.05, 4.69) is 0 Å². The van der Waals surface area contributed by atoms with Gasteiger partial charge in [0.15, 0.2) is 6.29 Å². The summed E-state index contributed by atoms with van der Waals surface area (Å²) in [6.45, 7) is 5.19. The Bertz CT molecular complexity index is 53.0. The zero-order valence-electron chi connectivity index (χ0n) is 6.02. The van der Waals surface area contributed by atoms with Gasteiger partial charge in [-0.3, -0.25) is 5.73 Å². The molecule has 3 heteroatoms. The molecule has 3 nitrogen and oxygen atoms in total. The van der Waals surface area contributed by atoms with Crippen LogP contribution >= 0.6 is 0 Å². The van der Waals surface area contributed by atoms with E-state index in [0.29, 0.717) is 13.2 Å². The van der Waals surface area contributed by atoms with Gasteiger partial charge in [0.25, 0.3) is 0 Å². The third-order valence-corrected chi connectivity index (χ3v) is 0.872. The number of nitrogens with one attached hydrogen (secondary N) is 1. The molecule has 0 saturated carbocycles. The highest BCUT2D eigenvalue weighted by atomic mass is 16.7. The Morgan fingerprint density at radius 3 is 1.89 bits per heavy atom. The van der Waals surface area contributed by atoms with Gasteiger partial charge in [-0.25, -0.2) is 0 Å². The maximum Gasteiger partial charge on any atom is 0.171 e. The van der Waals surface area contributed by atoms with Crippen LogP contribution in [0.1, 0.15) is 13.8 Å². The Balaban J connectivity index is 3.18. The van der Waals surface area contributed by atoms with Gasteiger partial charge in [0, 0.05) is 13.2 Å². The molecule has 0 unspecified atom stereocenters. The van der Waals surface area contributed by atoms with Gasteiger partial charge in [-0.15, -0.1) is 0 Å². The molecule has 0 aromatic carbocycles. The molecule has 0 aromatic rings. The van der Waals surface area contributed by atoms with E-state index in [1.54, 1.807) is 0 Å². The van der Waals surface area contributed by atoms with E-state index >= 15 is 0 Å². The molecule has 0 amide bonds. The molecule has 0 atom stereocenters. The average molecular weight is 132 g/mol. The number of hydrogen-bond acceptors (Lipinski definition) is 2. The van der Waals surface area contributed by atoms with Gasteiger partial charge in [0.2, 0.25) is 0 Å². The molecular formula is C6H14NO2. The van der Waals surface area contributed by atoms with Crippen LogP contribution in [0.4, 0.5) is 0 Å². The smallest absolute Gasteiger partial charge is 0.171 e. The first-order valence-corrected chi connectivity index (χ1v) is 3.22. The lowest BCUT2D eigenvalue weighted by atomic mass is 10.6. The van der Waals surface area contributed by atoms with Crippen molar-refractivity contribution in [2.24, 2.45) is 0 Å². The molecule has 55 valence electrons. The summed E-state index contributed by atoms with van der Waals surface area (Å²) in [6.07, 6.45) is -0.319. The summed E-state index contributed by atoms with van der Waals surface area (Å²) in [5.41, 5.74) is 6.92. The lowest BCUT2D eigenvalue weighted by molar-refractivity contribution is -0.129. The fourth-order valence-electron chi connectivity index (χ4n) is 0.538. The van der Waals surface area contributed by atoms with Gasteiger partial charge in [0.1, 0.15) is 0 Å². The number of rotatable bonds is 5. The van der Waals surface area contributed by atoms with Crippen molar-refractivity contribution in [2.45, 2.75) is 20.1 Å². The lowest BCUT2D eigenvalue weighted by Gasteiger charge is -2.12. The second-order valence-electron chi connectivity index (χ2n) is 1.54.